The van der Waals surface area contributed by atoms with Crippen molar-refractivity contribution in [2.45, 2.75) is 13.8 Å². The van der Waals surface area contributed by atoms with Crippen molar-refractivity contribution in [1.82, 2.24) is 4.40 Å². The van der Waals surface area contributed by atoms with Crippen LogP contribution in [0.15, 0.2) is 53.3 Å². The fourth-order valence-electron chi connectivity index (χ4n) is 4.14. The maximum Gasteiger partial charge on any atom is 0.347 e. The number of aryl methyl sites for hydroxylation is 2. The molecule has 26 heavy (non-hydrogen) atoms. The molecule has 128 valence electrons. The highest BCUT2D eigenvalue weighted by Gasteiger charge is 2.25. The minimum absolute atomic E-state index is 0.0166. The Morgan fingerprint density at radius 2 is 1.85 bits per heavy atom. The summed E-state index contributed by atoms with van der Waals surface area (Å²) in [6.45, 7) is 4.65. The van der Waals surface area contributed by atoms with Crippen LogP contribution in [0.5, 0.6) is 5.75 Å². The van der Waals surface area contributed by atoms with Crippen LogP contribution in [-0.4, -0.2) is 11.0 Å². The maximum atomic E-state index is 13.4. The lowest BCUT2D eigenvalue weighted by atomic mass is 9.99. The molecule has 4 nitrogen and oxygen atoms in total. The Morgan fingerprint density at radius 1 is 1.04 bits per heavy atom. The van der Waals surface area contributed by atoms with Crippen LogP contribution in [0, 0.1) is 6.92 Å². The van der Waals surface area contributed by atoms with E-state index in [2.05, 4.69) is 29.7 Å². The van der Waals surface area contributed by atoms with Crippen molar-refractivity contribution in [2.24, 2.45) is 7.05 Å². The third-order valence-electron chi connectivity index (χ3n) is 5.32. The van der Waals surface area contributed by atoms with E-state index in [1.54, 1.807) is 0 Å². The number of aromatic nitrogens is 2. The number of imidazole rings is 1. The van der Waals surface area contributed by atoms with Gasteiger partial charge in [0, 0.05) is 11.5 Å². The van der Waals surface area contributed by atoms with Crippen molar-refractivity contribution >= 4 is 38.2 Å². The predicted octanol–water partition coefficient (Wildman–Crippen LogP) is 3.73. The van der Waals surface area contributed by atoms with Crippen molar-refractivity contribution < 1.29 is 9.30 Å². The van der Waals surface area contributed by atoms with E-state index in [9.17, 15) is 4.79 Å². The first-order chi connectivity index (χ1) is 12.6. The molecular weight excluding hydrogens is 324 g/mol. The number of benzene rings is 3. The van der Waals surface area contributed by atoms with Crippen molar-refractivity contribution in [3.05, 3.63) is 64.4 Å². The number of ether oxygens (including phenoxy) is 1. The fourth-order valence-corrected chi connectivity index (χ4v) is 4.14. The molecule has 0 saturated heterocycles. The SMILES string of the molecule is CCOc1ccc2c(c1)n1c(=O)c3cccc4c(C)ccc(c43)c1[n+]2C. The molecule has 4 heteroatoms. The van der Waals surface area contributed by atoms with E-state index in [1.807, 2.05) is 48.7 Å². The molecule has 0 aliphatic rings. The molecule has 0 fully saturated rings. The largest absolute Gasteiger partial charge is 0.494 e. The lowest BCUT2D eigenvalue weighted by Gasteiger charge is -2.06. The summed E-state index contributed by atoms with van der Waals surface area (Å²) >= 11 is 0. The minimum atomic E-state index is 0.0166. The van der Waals surface area contributed by atoms with E-state index in [-0.39, 0.29) is 5.56 Å². The summed E-state index contributed by atoms with van der Waals surface area (Å²) in [6, 6.07) is 16.2. The number of pyridine rings is 1. The van der Waals surface area contributed by atoms with E-state index in [0.717, 1.165) is 44.0 Å². The van der Waals surface area contributed by atoms with E-state index >= 15 is 0 Å². The molecule has 5 rings (SSSR count). The van der Waals surface area contributed by atoms with E-state index in [0.29, 0.717) is 6.61 Å². The van der Waals surface area contributed by atoms with E-state index in [1.165, 1.54) is 5.56 Å². The van der Waals surface area contributed by atoms with Crippen LogP contribution in [0.2, 0.25) is 0 Å². The second-order valence-electron chi connectivity index (χ2n) is 6.76. The quantitative estimate of drug-likeness (QED) is 0.458. The molecule has 0 N–H and O–H groups in total. The summed E-state index contributed by atoms with van der Waals surface area (Å²) in [7, 11) is 2.02. The Hall–Kier alpha value is -3.14. The summed E-state index contributed by atoms with van der Waals surface area (Å²) in [5, 5.41) is 4.04. The number of hydrogen-bond donors (Lipinski definition) is 0. The average molecular weight is 343 g/mol. The van der Waals surface area contributed by atoms with Gasteiger partial charge >= 0.3 is 5.56 Å². The molecule has 2 heterocycles. The summed E-state index contributed by atoms with van der Waals surface area (Å²) in [5.74, 6) is 0.779. The third-order valence-corrected chi connectivity index (χ3v) is 5.32. The van der Waals surface area contributed by atoms with Crippen molar-refractivity contribution in [1.29, 1.82) is 0 Å². The molecule has 3 aromatic carbocycles. The Balaban J connectivity index is 2.11. The number of fused-ring (bicyclic) bond motifs is 4. The molecule has 0 aliphatic heterocycles. The maximum absolute atomic E-state index is 13.4. The van der Waals surface area contributed by atoms with Gasteiger partial charge in [0.05, 0.1) is 24.4 Å². The van der Waals surface area contributed by atoms with E-state index in [4.69, 9.17) is 4.74 Å². The minimum Gasteiger partial charge on any atom is -0.494 e. The lowest BCUT2D eigenvalue weighted by Crippen LogP contribution is -2.29. The second kappa shape index (κ2) is 5.18. The van der Waals surface area contributed by atoms with Gasteiger partial charge in [0.15, 0.2) is 11.0 Å². The summed E-state index contributed by atoms with van der Waals surface area (Å²) in [5.41, 5.74) is 4.01. The smallest absolute Gasteiger partial charge is 0.347 e. The highest BCUT2D eigenvalue weighted by Crippen LogP contribution is 2.31. The van der Waals surface area contributed by atoms with Gasteiger partial charge in [0.25, 0.3) is 5.65 Å². The van der Waals surface area contributed by atoms with Crippen LogP contribution in [0.3, 0.4) is 0 Å². The van der Waals surface area contributed by atoms with Gasteiger partial charge in [-0.3, -0.25) is 0 Å². The molecule has 0 saturated carbocycles. The Labute approximate surface area is 150 Å². The van der Waals surface area contributed by atoms with Crippen LogP contribution in [-0.2, 0) is 7.05 Å². The zero-order valence-electron chi connectivity index (χ0n) is 15.0. The molecule has 0 aliphatic carbocycles. The zero-order chi connectivity index (χ0) is 18.0. The number of rotatable bonds is 2. The number of hydrogen-bond acceptors (Lipinski definition) is 2. The standard InChI is InChI=1S/C22H19N2O2/c1-4-26-14-9-11-18-19(12-14)24-21(23(18)3)16-10-8-13(2)15-6-5-7-17(20(15)16)22(24)25/h5-12H,4H2,1-3H3/q+1. The van der Waals surface area contributed by atoms with Gasteiger partial charge in [0.2, 0.25) is 0 Å². The van der Waals surface area contributed by atoms with Gasteiger partial charge in [-0.15, -0.1) is 0 Å². The Bertz CT molecular complexity index is 1380. The predicted molar refractivity (Wildman–Crippen MR) is 104 cm³/mol. The van der Waals surface area contributed by atoms with Crippen LogP contribution in [0.4, 0.5) is 0 Å². The fraction of sp³-hybridized carbons (Fsp3) is 0.182. The molecule has 0 amide bonds. The summed E-state index contributed by atoms with van der Waals surface area (Å²) < 4.78 is 9.58. The van der Waals surface area contributed by atoms with Gasteiger partial charge in [-0.05, 0) is 49.1 Å². The molecule has 0 bridgehead atoms. The van der Waals surface area contributed by atoms with Crippen LogP contribution in [0.25, 0.3) is 38.2 Å². The summed E-state index contributed by atoms with van der Waals surface area (Å²) in [6.07, 6.45) is 0. The summed E-state index contributed by atoms with van der Waals surface area (Å²) in [4.78, 5) is 13.4. The van der Waals surface area contributed by atoms with Crippen molar-refractivity contribution in [3.63, 3.8) is 0 Å². The van der Waals surface area contributed by atoms with Gasteiger partial charge in [-0.25, -0.2) is 9.36 Å². The first-order valence-electron chi connectivity index (χ1n) is 8.86. The first kappa shape index (κ1) is 15.1. The van der Waals surface area contributed by atoms with Crippen LogP contribution in [0.1, 0.15) is 12.5 Å². The third kappa shape index (κ3) is 1.79. The molecule has 0 unspecified atom stereocenters. The number of nitrogens with zero attached hydrogens (tertiary/aromatic N) is 2. The molecule has 0 atom stereocenters. The Kier molecular flexibility index (Phi) is 3.02. The average Bonchev–Trinajstić information content (AvgIpc) is 2.94. The molecular formula is C22H19N2O2+. The van der Waals surface area contributed by atoms with Gasteiger partial charge in [-0.2, -0.15) is 4.40 Å². The van der Waals surface area contributed by atoms with Gasteiger partial charge < -0.3 is 4.74 Å². The molecule has 0 radical (unpaired) electrons. The highest BCUT2D eigenvalue weighted by atomic mass is 16.5. The zero-order valence-corrected chi connectivity index (χ0v) is 15.0. The lowest BCUT2D eigenvalue weighted by molar-refractivity contribution is -0.617. The van der Waals surface area contributed by atoms with Crippen molar-refractivity contribution in [2.75, 3.05) is 6.61 Å². The molecule has 0 spiro atoms. The Morgan fingerprint density at radius 3 is 2.65 bits per heavy atom. The second-order valence-corrected chi connectivity index (χ2v) is 6.76. The normalized spacial score (nSPS) is 12.0. The van der Waals surface area contributed by atoms with Crippen LogP contribution >= 0.6 is 0 Å². The monoisotopic (exact) mass is 343 g/mol. The van der Waals surface area contributed by atoms with E-state index < -0.39 is 0 Å². The topological polar surface area (TPSA) is 34.6 Å². The van der Waals surface area contributed by atoms with Crippen molar-refractivity contribution in [3.8, 4) is 5.75 Å². The molecule has 5 aromatic rings. The van der Waals surface area contributed by atoms with Gasteiger partial charge in [-0.1, -0.05) is 18.2 Å². The van der Waals surface area contributed by atoms with Gasteiger partial charge in [0.1, 0.15) is 5.75 Å². The van der Waals surface area contributed by atoms with Crippen LogP contribution < -0.4 is 14.9 Å². The molecule has 2 aromatic heterocycles. The first-order valence-corrected chi connectivity index (χ1v) is 8.86. The highest BCUT2D eigenvalue weighted by molar-refractivity contribution is 6.15.